The average Bonchev–Trinajstić information content (AvgIpc) is 2.85. The van der Waals surface area contributed by atoms with Gasteiger partial charge < -0.3 is 15.4 Å². The van der Waals surface area contributed by atoms with Crippen LogP contribution in [0, 0.1) is 6.92 Å². The van der Waals surface area contributed by atoms with Crippen molar-refractivity contribution in [1.29, 1.82) is 0 Å². The van der Waals surface area contributed by atoms with Gasteiger partial charge in [-0.15, -0.1) is 0 Å². The highest BCUT2D eigenvalue weighted by molar-refractivity contribution is 5.76. The van der Waals surface area contributed by atoms with E-state index in [0.29, 0.717) is 6.54 Å². The molecule has 0 saturated heterocycles. The molecule has 0 aliphatic heterocycles. The lowest BCUT2D eigenvalue weighted by molar-refractivity contribution is 0.173. The molecule has 4 heteroatoms. The van der Waals surface area contributed by atoms with Gasteiger partial charge in [0.2, 0.25) is 0 Å². The van der Waals surface area contributed by atoms with Gasteiger partial charge in [-0.3, -0.25) is 0 Å². The first-order valence-electron chi connectivity index (χ1n) is 7.52. The van der Waals surface area contributed by atoms with Gasteiger partial charge in [0.1, 0.15) is 5.82 Å². The molecule has 3 aromatic rings. The fraction of sp³-hybridized carbons (Fsp3) is 0.278. The molecule has 22 heavy (non-hydrogen) atoms. The molecule has 3 N–H and O–H groups in total. The number of aliphatic hydroxyl groups excluding tert-OH is 1. The summed E-state index contributed by atoms with van der Waals surface area (Å²) in [5.41, 5.74) is 10.6. The second kappa shape index (κ2) is 5.91. The number of aromatic nitrogens is 2. The molecule has 1 aromatic heterocycles. The molecule has 2 atom stereocenters. The van der Waals surface area contributed by atoms with Crippen molar-refractivity contribution in [2.45, 2.75) is 32.5 Å². The van der Waals surface area contributed by atoms with Crippen molar-refractivity contribution in [3.63, 3.8) is 0 Å². The molecule has 0 bridgehead atoms. The number of rotatable bonds is 4. The van der Waals surface area contributed by atoms with Crippen LogP contribution in [0.2, 0.25) is 0 Å². The van der Waals surface area contributed by atoms with Gasteiger partial charge in [0.15, 0.2) is 0 Å². The lowest BCUT2D eigenvalue weighted by atomic mass is 10.0. The largest absolute Gasteiger partial charge is 0.392 e. The molecule has 0 radical (unpaired) electrons. The van der Waals surface area contributed by atoms with Crippen LogP contribution in [0.1, 0.15) is 29.9 Å². The van der Waals surface area contributed by atoms with Gasteiger partial charge in [0, 0.05) is 0 Å². The number of aryl methyl sites for hydroxylation is 1. The Balaban J connectivity index is 2.15. The van der Waals surface area contributed by atoms with E-state index in [1.54, 1.807) is 6.92 Å². The van der Waals surface area contributed by atoms with Gasteiger partial charge >= 0.3 is 0 Å². The molecule has 0 spiro atoms. The summed E-state index contributed by atoms with van der Waals surface area (Å²) in [7, 11) is 0. The first-order chi connectivity index (χ1) is 10.6. The third-order valence-corrected chi connectivity index (χ3v) is 3.93. The molecule has 4 nitrogen and oxygen atoms in total. The first kappa shape index (κ1) is 14.8. The fourth-order valence-electron chi connectivity index (χ4n) is 2.86. The maximum Gasteiger partial charge on any atom is 0.131 e. The minimum Gasteiger partial charge on any atom is -0.392 e. The second-order valence-corrected chi connectivity index (χ2v) is 5.75. The van der Waals surface area contributed by atoms with E-state index in [1.165, 1.54) is 0 Å². The van der Waals surface area contributed by atoms with Crippen molar-refractivity contribution in [3.8, 4) is 0 Å². The van der Waals surface area contributed by atoms with Gasteiger partial charge in [0.05, 0.1) is 29.7 Å². The average molecular weight is 295 g/mol. The molecular formula is C18H21N3O. The van der Waals surface area contributed by atoms with Crippen molar-refractivity contribution in [3.05, 3.63) is 65.5 Å². The van der Waals surface area contributed by atoms with Gasteiger partial charge in [0.25, 0.3) is 0 Å². The van der Waals surface area contributed by atoms with Crippen molar-refractivity contribution in [2.24, 2.45) is 5.73 Å². The molecule has 0 saturated carbocycles. The molecule has 1 heterocycles. The Hall–Kier alpha value is -2.17. The minimum absolute atomic E-state index is 0.313. The number of nitrogens with zero attached hydrogens (tertiary/aromatic N) is 2. The number of imidazole rings is 1. The van der Waals surface area contributed by atoms with Gasteiger partial charge in [-0.05, 0) is 37.1 Å². The first-order valence-corrected chi connectivity index (χ1v) is 7.52. The SMILES string of the molecule is Cc1ccccc1C(N)c1nc2ccccc2n1CC(C)O. The summed E-state index contributed by atoms with van der Waals surface area (Å²) >= 11 is 0. The van der Waals surface area contributed by atoms with Crippen LogP contribution in [0.4, 0.5) is 0 Å². The van der Waals surface area contributed by atoms with Crippen molar-refractivity contribution < 1.29 is 5.11 Å². The number of hydrogen-bond donors (Lipinski definition) is 2. The quantitative estimate of drug-likeness (QED) is 0.778. The summed E-state index contributed by atoms with van der Waals surface area (Å²) in [6, 6.07) is 15.7. The molecule has 3 rings (SSSR count). The molecule has 0 aliphatic rings. The molecular weight excluding hydrogens is 274 g/mol. The summed E-state index contributed by atoms with van der Waals surface area (Å²) in [5, 5.41) is 9.83. The van der Waals surface area contributed by atoms with E-state index in [2.05, 4.69) is 13.0 Å². The fourth-order valence-corrected chi connectivity index (χ4v) is 2.86. The normalized spacial score (nSPS) is 14.2. The van der Waals surface area contributed by atoms with Crippen LogP contribution in [0.25, 0.3) is 11.0 Å². The monoisotopic (exact) mass is 295 g/mol. The van der Waals surface area contributed by atoms with Crippen LogP contribution in [-0.4, -0.2) is 20.8 Å². The van der Waals surface area contributed by atoms with Crippen LogP contribution >= 0.6 is 0 Å². The molecule has 0 amide bonds. The van der Waals surface area contributed by atoms with E-state index in [9.17, 15) is 5.11 Å². The summed E-state index contributed by atoms with van der Waals surface area (Å²) < 4.78 is 2.02. The minimum atomic E-state index is -0.458. The summed E-state index contributed by atoms with van der Waals surface area (Å²) in [6.07, 6.45) is -0.458. The molecule has 2 unspecified atom stereocenters. The van der Waals surface area contributed by atoms with Crippen LogP contribution in [0.3, 0.4) is 0 Å². The highest BCUT2D eigenvalue weighted by Gasteiger charge is 2.20. The summed E-state index contributed by atoms with van der Waals surface area (Å²) in [5.74, 6) is 0.788. The number of hydrogen-bond acceptors (Lipinski definition) is 3. The van der Waals surface area contributed by atoms with Crippen LogP contribution in [-0.2, 0) is 6.54 Å². The van der Waals surface area contributed by atoms with E-state index in [0.717, 1.165) is 28.0 Å². The summed E-state index contributed by atoms with van der Waals surface area (Å²) in [6.45, 7) is 4.31. The van der Waals surface area contributed by atoms with E-state index < -0.39 is 6.10 Å². The molecule has 0 aliphatic carbocycles. The summed E-state index contributed by atoms with van der Waals surface area (Å²) in [4.78, 5) is 4.71. The Morgan fingerprint density at radius 1 is 1.14 bits per heavy atom. The Labute approximate surface area is 130 Å². The van der Waals surface area contributed by atoms with Crippen molar-refractivity contribution in [1.82, 2.24) is 9.55 Å². The van der Waals surface area contributed by atoms with Crippen LogP contribution in [0.5, 0.6) is 0 Å². The maximum absolute atomic E-state index is 9.83. The Morgan fingerprint density at radius 3 is 2.55 bits per heavy atom. The maximum atomic E-state index is 9.83. The standard InChI is InChI=1S/C18H21N3O/c1-12-7-3-4-8-14(12)17(19)18-20-15-9-5-6-10-16(15)21(18)11-13(2)22/h3-10,13,17,22H,11,19H2,1-2H3. The molecule has 114 valence electrons. The zero-order valence-corrected chi connectivity index (χ0v) is 12.9. The Bertz CT molecular complexity index is 792. The molecule has 2 aromatic carbocycles. The number of para-hydroxylation sites is 2. The van der Waals surface area contributed by atoms with E-state index in [4.69, 9.17) is 10.7 Å². The zero-order chi connectivity index (χ0) is 15.7. The second-order valence-electron chi connectivity index (χ2n) is 5.75. The number of aliphatic hydroxyl groups is 1. The van der Waals surface area contributed by atoms with Gasteiger partial charge in [-0.2, -0.15) is 0 Å². The predicted molar refractivity (Wildman–Crippen MR) is 88.6 cm³/mol. The highest BCUT2D eigenvalue weighted by Crippen LogP contribution is 2.26. The van der Waals surface area contributed by atoms with Crippen LogP contribution in [0.15, 0.2) is 48.5 Å². The van der Waals surface area contributed by atoms with Crippen molar-refractivity contribution >= 4 is 11.0 Å². The molecule has 0 fully saturated rings. The number of fused-ring (bicyclic) bond motifs is 1. The third kappa shape index (κ3) is 2.63. The van der Waals surface area contributed by atoms with Crippen LogP contribution < -0.4 is 5.73 Å². The van der Waals surface area contributed by atoms with Gasteiger partial charge in [-0.25, -0.2) is 4.98 Å². The Morgan fingerprint density at radius 2 is 1.82 bits per heavy atom. The Kier molecular flexibility index (Phi) is 3.96. The van der Waals surface area contributed by atoms with E-state index in [1.807, 2.05) is 47.0 Å². The predicted octanol–water partition coefficient (Wildman–Crippen LogP) is 2.77. The highest BCUT2D eigenvalue weighted by atomic mass is 16.3. The number of benzene rings is 2. The van der Waals surface area contributed by atoms with E-state index in [-0.39, 0.29) is 6.04 Å². The van der Waals surface area contributed by atoms with E-state index >= 15 is 0 Å². The third-order valence-electron chi connectivity index (χ3n) is 3.93. The number of nitrogens with two attached hydrogens (primary N) is 1. The topological polar surface area (TPSA) is 64.1 Å². The van der Waals surface area contributed by atoms with Gasteiger partial charge in [-0.1, -0.05) is 36.4 Å². The lowest BCUT2D eigenvalue weighted by Crippen LogP contribution is -2.22. The lowest BCUT2D eigenvalue weighted by Gasteiger charge is -2.17. The van der Waals surface area contributed by atoms with Crippen molar-refractivity contribution in [2.75, 3.05) is 0 Å². The smallest absolute Gasteiger partial charge is 0.131 e. The zero-order valence-electron chi connectivity index (χ0n) is 12.9.